The second kappa shape index (κ2) is 6.12. The fraction of sp³-hybridized carbons (Fsp3) is 0.500. The van der Waals surface area contributed by atoms with E-state index in [0.29, 0.717) is 12.8 Å². The van der Waals surface area contributed by atoms with Crippen LogP contribution >= 0.6 is 0 Å². The Morgan fingerprint density at radius 2 is 2.16 bits per heavy atom. The molecule has 104 valence electrons. The van der Waals surface area contributed by atoms with E-state index in [-0.39, 0.29) is 12.6 Å². The van der Waals surface area contributed by atoms with Gasteiger partial charge < -0.3 is 10.6 Å². The maximum atomic E-state index is 12.1. The van der Waals surface area contributed by atoms with Crippen molar-refractivity contribution >= 4 is 24.1 Å². The molecule has 2 N–H and O–H groups in total. The Bertz CT molecular complexity index is 433. The van der Waals surface area contributed by atoms with Gasteiger partial charge in [0.05, 0.1) is 6.54 Å². The first-order chi connectivity index (χ1) is 8.92. The zero-order valence-electron chi connectivity index (χ0n) is 10.9. The number of carbonyl (C=O) groups excluding carboxylic acids is 4. The third-order valence-electron chi connectivity index (χ3n) is 3.00. The minimum absolute atomic E-state index is 0.207. The summed E-state index contributed by atoms with van der Waals surface area (Å²) in [4.78, 5) is 47.8. The molecule has 0 aromatic rings. The molecular weight excluding hydrogens is 250 g/mol. The summed E-state index contributed by atoms with van der Waals surface area (Å²) in [5, 5.41) is 0. The van der Waals surface area contributed by atoms with Crippen molar-refractivity contribution < 1.29 is 19.2 Å². The van der Waals surface area contributed by atoms with Crippen LogP contribution in [0.25, 0.3) is 0 Å². The molecule has 0 saturated carbocycles. The summed E-state index contributed by atoms with van der Waals surface area (Å²) >= 11 is 0. The highest BCUT2D eigenvalue weighted by atomic mass is 16.2. The molecule has 2 atom stereocenters. The monoisotopic (exact) mass is 267 g/mol. The van der Waals surface area contributed by atoms with Gasteiger partial charge >= 0.3 is 0 Å². The molecule has 0 spiro atoms. The van der Waals surface area contributed by atoms with Gasteiger partial charge in [0, 0.05) is 6.04 Å². The predicted octanol–water partition coefficient (Wildman–Crippen LogP) is -0.978. The van der Waals surface area contributed by atoms with Crippen molar-refractivity contribution in [3.63, 3.8) is 0 Å². The standard InChI is InChI=1S/C12H17N3O4/c1-3-4-11(18)15(7-16)9-5-8(2)14(12(9)19)6-10(13)17/h3-4,7-9H,5-6H2,1-2H3,(H2,13,17)/b4-3-. The van der Waals surface area contributed by atoms with Crippen molar-refractivity contribution in [2.45, 2.75) is 32.4 Å². The van der Waals surface area contributed by atoms with Crippen LogP contribution in [-0.2, 0) is 19.2 Å². The number of nitrogens with zero attached hydrogens (tertiary/aromatic N) is 2. The van der Waals surface area contributed by atoms with Gasteiger partial charge in [0.15, 0.2) is 0 Å². The maximum Gasteiger partial charge on any atom is 0.253 e. The van der Waals surface area contributed by atoms with Crippen LogP contribution in [0.15, 0.2) is 12.2 Å². The van der Waals surface area contributed by atoms with Crippen LogP contribution in [0.2, 0.25) is 0 Å². The smallest absolute Gasteiger partial charge is 0.253 e. The Morgan fingerprint density at radius 3 is 2.63 bits per heavy atom. The van der Waals surface area contributed by atoms with Crippen LogP contribution < -0.4 is 5.73 Å². The van der Waals surface area contributed by atoms with Crippen molar-refractivity contribution in [3.05, 3.63) is 12.2 Å². The van der Waals surface area contributed by atoms with Gasteiger partial charge in [-0.1, -0.05) is 6.08 Å². The Labute approximate surface area is 111 Å². The Balaban J connectivity index is 2.90. The van der Waals surface area contributed by atoms with E-state index in [4.69, 9.17) is 5.73 Å². The van der Waals surface area contributed by atoms with E-state index >= 15 is 0 Å². The fourth-order valence-corrected chi connectivity index (χ4v) is 2.10. The first kappa shape index (κ1) is 14.9. The zero-order chi connectivity index (χ0) is 14.6. The number of primary amides is 1. The second-order valence-corrected chi connectivity index (χ2v) is 4.38. The molecule has 7 heteroatoms. The third kappa shape index (κ3) is 3.18. The highest BCUT2D eigenvalue weighted by Gasteiger charge is 2.42. The van der Waals surface area contributed by atoms with Crippen molar-refractivity contribution in [1.29, 1.82) is 0 Å². The number of carbonyl (C=O) groups is 4. The van der Waals surface area contributed by atoms with Gasteiger partial charge in [0.25, 0.3) is 5.91 Å². The molecule has 1 rings (SSSR count). The largest absolute Gasteiger partial charge is 0.368 e. The van der Waals surface area contributed by atoms with Crippen molar-refractivity contribution in [1.82, 2.24) is 9.80 Å². The number of imide groups is 1. The summed E-state index contributed by atoms with van der Waals surface area (Å²) in [6.45, 7) is 3.17. The summed E-state index contributed by atoms with van der Waals surface area (Å²) in [5.74, 6) is -1.61. The van der Waals surface area contributed by atoms with E-state index in [0.717, 1.165) is 4.90 Å². The Kier molecular flexibility index (Phi) is 4.80. The van der Waals surface area contributed by atoms with Gasteiger partial charge in [-0.2, -0.15) is 0 Å². The summed E-state index contributed by atoms with van der Waals surface area (Å²) in [5.41, 5.74) is 5.06. The van der Waals surface area contributed by atoms with E-state index in [2.05, 4.69) is 0 Å². The highest BCUT2D eigenvalue weighted by Crippen LogP contribution is 2.22. The molecule has 1 fully saturated rings. The molecule has 0 radical (unpaired) electrons. The molecule has 0 bridgehead atoms. The molecule has 1 saturated heterocycles. The van der Waals surface area contributed by atoms with Crippen LogP contribution in [0, 0.1) is 0 Å². The molecular formula is C12H17N3O4. The summed E-state index contributed by atoms with van der Waals surface area (Å²) in [7, 11) is 0. The van der Waals surface area contributed by atoms with E-state index in [9.17, 15) is 19.2 Å². The maximum absolute atomic E-state index is 12.1. The van der Waals surface area contributed by atoms with Gasteiger partial charge in [-0.05, 0) is 26.3 Å². The topological polar surface area (TPSA) is 101 Å². The van der Waals surface area contributed by atoms with Crippen molar-refractivity contribution in [3.8, 4) is 0 Å². The minimum Gasteiger partial charge on any atom is -0.368 e. The second-order valence-electron chi connectivity index (χ2n) is 4.38. The number of hydrogen-bond acceptors (Lipinski definition) is 4. The van der Waals surface area contributed by atoms with E-state index in [1.54, 1.807) is 13.8 Å². The van der Waals surface area contributed by atoms with Crippen LogP contribution in [0.4, 0.5) is 0 Å². The Morgan fingerprint density at radius 1 is 1.53 bits per heavy atom. The summed E-state index contributed by atoms with van der Waals surface area (Å²) in [6, 6.07) is -1.11. The SMILES string of the molecule is C/C=C\C(=O)N(C=O)C1CC(C)N(CC(N)=O)C1=O. The predicted molar refractivity (Wildman–Crippen MR) is 66.5 cm³/mol. The minimum atomic E-state index is -0.865. The number of nitrogens with two attached hydrogens (primary N) is 1. The van der Waals surface area contributed by atoms with Crippen LogP contribution in [0.5, 0.6) is 0 Å². The third-order valence-corrected chi connectivity index (χ3v) is 3.00. The molecule has 0 aromatic carbocycles. The van der Waals surface area contributed by atoms with Crippen molar-refractivity contribution in [2.75, 3.05) is 6.54 Å². The molecule has 1 heterocycles. The lowest BCUT2D eigenvalue weighted by Crippen LogP contribution is -2.45. The van der Waals surface area contributed by atoms with Gasteiger partial charge in [-0.15, -0.1) is 0 Å². The molecule has 2 unspecified atom stereocenters. The van der Waals surface area contributed by atoms with E-state index in [1.165, 1.54) is 17.1 Å². The lowest BCUT2D eigenvalue weighted by Gasteiger charge is -2.21. The average molecular weight is 267 g/mol. The molecule has 7 nitrogen and oxygen atoms in total. The van der Waals surface area contributed by atoms with Gasteiger partial charge in [-0.3, -0.25) is 24.1 Å². The lowest BCUT2D eigenvalue weighted by molar-refractivity contribution is -0.145. The summed E-state index contributed by atoms with van der Waals surface area (Å²) < 4.78 is 0. The van der Waals surface area contributed by atoms with Crippen molar-refractivity contribution in [2.24, 2.45) is 5.73 Å². The van der Waals surface area contributed by atoms with E-state index in [1.807, 2.05) is 0 Å². The number of rotatable bonds is 5. The molecule has 4 amide bonds. The van der Waals surface area contributed by atoms with Gasteiger partial charge in [0.1, 0.15) is 6.04 Å². The molecule has 0 aromatic heterocycles. The first-order valence-corrected chi connectivity index (χ1v) is 5.91. The number of allylic oxidation sites excluding steroid dienone is 1. The molecule has 0 aliphatic carbocycles. The van der Waals surface area contributed by atoms with Crippen LogP contribution in [0.1, 0.15) is 20.3 Å². The number of likely N-dealkylation sites (tertiary alicyclic amines) is 1. The zero-order valence-corrected chi connectivity index (χ0v) is 10.9. The highest BCUT2D eigenvalue weighted by molar-refractivity contribution is 6.00. The molecule has 1 aliphatic rings. The Hall–Kier alpha value is -2.18. The number of hydrogen-bond donors (Lipinski definition) is 1. The fourth-order valence-electron chi connectivity index (χ4n) is 2.10. The lowest BCUT2D eigenvalue weighted by atomic mass is 10.1. The average Bonchev–Trinajstić information content (AvgIpc) is 2.58. The van der Waals surface area contributed by atoms with Gasteiger partial charge in [-0.25, -0.2) is 0 Å². The summed E-state index contributed by atoms with van der Waals surface area (Å²) in [6.07, 6.45) is 3.34. The molecule has 1 aliphatic heterocycles. The van der Waals surface area contributed by atoms with Crippen LogP contribution in [0.3, 0.4) is 0 Å². The number of amides is 4. The quantitative estimate of drug-likeness (QED) is 0.511. The van der Waals surface area contributed by atoms with Crippen LogP contribution in [-0.4, -0.2) is 52.6 Å². The molecule has 19 heavy (non-hydrogen) atoms. The van der Waals surface area contributed by atoms with E-state index < -0.39 is 23.8 Å². The van der Waals surface area contributed by atoms with Gasteiger partial charge in [0.2, 0.25) is 18.2 Å². The normalized spacial score (nSPS) is 22.8. The first-order valence-electron chi connectivity index (χ1n) is 5.91.